The SMILES string of the molecule is N[C@H](CCNC1(c2cccc(C(F)(F)F)c2)CC1)Cc1cc(F)cc(F)c1. The van der Waals surface area contributed by atoms with Crippen molar-refractivity contribution in [2.24, 2.45) is 5.73 Å². The van der Waals surface area contributed by atoms with E-state index < -0.39 is 28.9 Å². The largest absolute Gasteiger partial charge is 0.416 e. The summed E-state index contributed by atoms with van der Waals surface area (Å²) in [4.78, 5) is 0. The molecule has 0 heterocycles. The molecule has 3 rings (SSSR count). The van der Waals surface area contributed by atoms with Crippen LogP contribution in [0, 0.1) is 11.6 Å². The molecule has 0 aromatic heterocycles. The molecular formula is C20H21F5N2. The molecule has 0 spiro atoms. The van der Waals surface area contributed by atoms with Crippen molar-refractivity contribution < 1.29 is 22.0 Å². The highest BCUT2D eigenvalue weighted by molar-refractivity contribution is 5.35. The molecule has 1 aliphatic carbocycles. The van der Waals surface area contributed by atoms with Crippen LogP contribution in [0.3, 0.4) is 0 Å². The van der Waals surface area contributed by atoms with E-state index in [1.807, 2.05) is 0 Å². The van der Waals surface area contributed by atoms with E-state index in [1.165, 1.54) is 24.3 Å². The summed E-state index contributed by atoms with van der Waals surface area (Å²) >= 11 is 0. The normalized spacial score (nSPS) is 17.0. The summed E-state index contributed by atoms with van der Waals surface area (Å²) in [5.41, 5.74) is 6.06. The first kappa shape index (κ1) is 19.8. The Morgan fingerprint density at radius 1 is 1.04 bits per heavy atom. The third-order valence-corrected chi connectivity index (χ3v) is 4.89. The van der Waals surface area contributed by atoms with Gasteiger partial charge in [-0.2, -0.15) is 13.2 Å². The summed E-state index contributed by atoms with van der Waals surface area (Å²) < 4.78 is 65.2. The molecule has 1 saturated carbocycles. The highest BCUT2D eigenvalue weighted by Gasteiger charge is 2.44. The molecule has 0 saturated heterocycles. The summed E-state index contributed by atoms with van der Waals surface area (Å²) in [6.07, 6.45) is -1.97. The van der Waals surface area contributed by atoms with E-state index in [-0.39, 0.29) is 6.04 Å². The van der Waals surface area contributed by atoms with Gasteiger partial charge >= 0.3 is 6.18 Å². The molecule has 0 radical (unpaired) electrons. The van der Waals surface area contributed by atoms with Gasteiger partial charge in [-0.05, 0) is 67.6 Å². The fraction of sp³-hybridized carbons (Fsp3) is 0.400. The number of nitrogens with one attached hydrogen (secondary N) is 1. The molecule has 0 amide bonds. The van der Waals surface area contributed by atoms with Crippen LogP contribution < -0.4 is 11.1 Å². The van der Waals surface area contributed by atoms with Crippen molar-refractivity contribution in [3.05, 3.63) is 70.8 Å². The van der Waals surface area contributed by atoms with Crippen LogP contribution in [0.1, 0.15) is 36.0 Å². The van der Waals surface area contributed by atoms with Crippen LogP contribution in [0.15, 0.2) is 42.5 Å². The zero-order valence-corrected chi connectivity index (χ0v) is 14.6. The van der Waals surface area contributed by atoms with Gasteiger partial charge in [-0.25, -0.2) is 8.78 Å². The maximum Gasteiger partial charge on any atom is 0.416 e. The van der Waals surface area contributed by atoms with Crippen LogP contribution >= 0.6 is 0 Å². The molecule has 0 unspecified atom stereocenters. The average Bonchev–Trinajstić information content (AvgIpc) is 3.34. The molecule has 1 atom stereocenters. The van der Waals surface area contributed by atoms with E-state index in [0.29, 0.717) is 30.5 Å². The first-order valence-electron chi connectivity index (χ1n) is 8.81. The third kappa shape index (κ3) is 5.05. The first-order valence-corrected chi connectivity index (χ1v) is 8.81. The van der Waals surface area contributed by atoms with E-state index in [4.69, 9.17) is 5.73 Å². The van der Waals surface area contributed by atoms with Crippen LogP contribution in [0.5, 0.6) is 0 Å². The van der Waals surface area contributed by atoms with Crippen LogP contribution in [-0.2, 0) is 18.1 Å². The quantitative estimate of drug-likeness (QED) is 0.689. The first-order chi connectivity index (χ1) is 12.7. The Bertz CT molecular complexity index is 779. The molecule has 1 fully saturated rings. The number of hydrogen-bond acceptors (Lipinski definition) is 2. The number of nitrogens with two attached hydrogens (primary N) is 1. The predicted molar refractivity (Wildman–Crippen MR) is 93.0 cm³/mol. The lowest BCUT2D eigenvalue weighted by atomic mass is 10.0. The number of benzene rings is 2. The van der Waals surface area contributed by atoms with Crippen LogP contribution in [0.4, 0.5) is 22.0 Å². The highest BCUT2D eigenvalue weighted by Crippen LogP contribution is 2.46. The van der Waals surface area contributed by atoms with Gasteiger partial charge in [-0.3, -0.25) is 0 Å². The Morgan fingerprint density at radius 3 is 2.30 bits per heavy atom. The van der Waals surface area contributed by atoms with Crippen molar-refractivity contribution in [3.8, 4) is 0 Å². The maximum atomic E-state index is 13.2. The van der Waals surface area contributed by atoms with E-state index in [1.54, 1.807) is 6.07 Å². The zero-order valence-electron chi connectivity index (χ0n) is 14.6. The Morgan fingerprint density at radius 2 is 1.70 bits per heavy atom. The molecule has 7 heteroatoms. The molecule has 0 bridgehead atoms. The van der Waals surface area contributed by atoms with Gasteiger partial charge in [-0.15, -0.1) is 0 Å². The second-order valence-corrected chi connectivity index (χ2v) is 7.12. The summed E-state index contributed by atoms with van der Waals surface area (Å²) in [7, 11) is 0. The number of alkyl halides is 3. The van der Waals surface area contributed by atoms with Crippen molar-refractivity contribution in [2.45, 2.75) is 43.4 Å². The van der Waals surface area contributed by atoms with Crippen LogP contribution in [0.2, 0.25) is 0 Å². The summed E-state index contributed by atoms with van der Waals surface area (Å²) in [6, 6.07) is 8.37. The van der Waals surface area contributed by atoms with Crippen molar-refractivity contribution in [1.29, 1.82) is 0 Å². The second-order valence-electron chi connectivity index (χ2n) is 7.12. The average molecular weight is 384 g/mol. The second kappa shape index (κ2) is 7.56. The van der Waals surface area contributed by atoms with Gasteiger partial charge in [0.1, 0.15) is 11.6 Å². The minimum Gasteiger partial charge on any atom is -0.327 e. The van der Waals surface area contributed by atoms with E-state index in [2.05, 4.69) is 5.32 Å². The molecule has 146 valence electrons. The fourth-order valence-corrected chi connectivity index (χ4v) is 3.32. The smallest absolute Gasteiger partial charge is 0.327 e. The summed E-state index contributed by atoms with van der Waals surface area (Å²) in [6.45, 7) is 0.509. The standard InChI is InChI=1S/C20H21F5N2/c21-16-8-13(9-17(22)12-16)10-18(26)4-7-27-19(5-6-19)14-2-1-3-15(11-14)20(23,24)25/h1-3,8-9,11-12,18,27H,4-7,10,26H2/t18-/m1/s1. The van der Waals surface area contributed by atoms with Gasteiger partial charge in [0.05, 0.1) is 5.56 Å². The molecule has 2 nitrogen and oxygen atoms in total. The summed E-state index contributed by atoms with van der Waals surface area (Å²) in [5, 5.41) is 3.31. The molecular weight excluding hydrogens is 363 g/mol. The Balaban J connectivity index is 1.55. The van der Waals surface area contributed by atoms with Crippen LogP contribution in [0.25, 0.3) is 0 Å². The van der Waals surface area contributed by atoms with E-state index in [0.717, 1.165) is 25.0 Å². The van der Waals surface area contributed by atoms with Crippen molar-refractivity contribution in [2.75, 3.05) is 6.54 Å². The van der Waals surface area contributed by atoms with Crippen molar-refractivity contribution in [3.63, 3.8) is 0 Å². The molecule has 3 N–H and O–H groups in total. The van der Waals surface area contributed by atoms with Gasteiger partial charge in [0.15, 0.2) is 0 Å². The van der Waals surface area contributed by atoms with E-state index >= 15 is 0 Å². The number of halogens is 5. The number of rotatable bonds is 7. The molecule has 2 aromatic carbocycles. The lowest BCUT2D eigenvalue weighted by Gasteiger charge is -2.21. The van der Waals surface area contributed by atoms with Gasteiger partial charge in [-0.1, -0.05) is 12.1 Å². The topological polar surface area (TPSA) is 38.0 Å². The lowest BCUT2D eigenvalue weighted by Crippen LogP contribution is -2.34. The fourth-order valence-electron chi connectivity index (χ4n) is 3.32. The Labute approximate surface area is 154 Å². The lowest BCUT2D eigenvalue weighted by molar-refractivity contribution is -0.137. The summed E-state index contributed by atoms with van der Waals surface area (Å²) in [5.74, 6) is -1.28. The van der Waals surface area contributed by atoms with Crippen molar-refractivity contribution >= 4 is 0 Å². The maximum absolute atomic E-state index is 13.2. The predicted octanol–water partition coefficient (Wildman–Crippen LogP) is 4.52. The number of hydrogen-bond donors (Lipinski definition) is 2. The Hall–Kier alpha value is -1.99. The molecule has 27 heavy (non-hydrogen) atoms. The molecule has 0 aliphatic heterocycles. The van der Waals surface area contributed by atoms with Gasteiger partial charge < -0.3 is 11.1 Å². The van der Waals surface area contributed by atoms with Gasteiger partial charge in [0.2, 0.25) is 0 Å². The van der Waals surface area contributed by atoms with Gasteiger partial charge in [0.25, 0.3) is 0 Å². The van der Waals surface area contributed by atoms with Crippen LogP contribution in [-0.4, -0.2) is 12.6 Å². The van der Waals surface area contributed by atoms with E-state index in [9.17, 15) is 22.0 Å². The minimum atomic E-state index is -4.37. The monoisotopic (exact) mass is 384 g/mol. The minimum absolute atomic E-state index is 0.309. The Kier molecular flexibility index (Phi) is 5.53. The highest BCUT2D eigenvalue weighted by atomic mass is 19.4. The molecule has 1 aliphatic rings. The molecule has 2 aromatic rings. The van der Waals surface area contributed by atoms with Crippen molar-refractivity contribution in [1.82, 2.24) is 5.32 Å². The van der Waals surface area contributed by atoms with Gasteiger partial charge in [0, 0.05) is 17.6 Å². The third-order valence-electron chi connectivity index (χ3n) is 4.89. The zero-order chi connectivity index (χ0) is 19.7.